The summed E-state index contributed by atoms with van der Waals surface area (Å²) in [4.78, 5) is 5.09. The maximum atomic E-state index is 2.64. The summed E-state index contributed by atoms with van der Waals surface area (Å²) in [6, 6.07) is 0.902. The van der Waals surface area contributed by atoms with Gasteiger partial charge in [0.15, 0.2) is 0 Å². The number of unbranched alkanes of at least 4 members (excludes halogenated alkanes) is 1. The van der Waals surface area contributed by atoms with Crippen molar-refractivity contribution in [1.29, 1.82) is 0 Å². The molecule has 2 aliphatic heterocycles. The molecule has 0 bridgehead atoms. The molecule has 0 aromatic carbocycles. The van der Waals surface area contributed by atoms with E-state index >= 15 is 0 Å². The van der Waals surface area contributed by atoms with Gasteiger partial charge in [-0.1, -0.05) is 40.5 Å². The monoisotopic (exact) mass is 228 g/mol. The highest BCUT2D eigenvalue weighted by molar-refractivity contribution is 4.85. The number of hydrogen-bond donors (Lipinski definition) is 0. The molecule has 2 nitrogen and oxygen atoms in total. The van der Waals surface area contributed by atoms with E-state index in [1.807, 2.05) is 13.8 Å². The van der Waals surface area contributed by atoms with E-state index in [1.54, 1.807) is 0 Å². The molecule has 0 spiro atoms. The fourth-order valence-electron chi connectivity index (χ4n) is 2.15. The van der Waals surface area contributed by atoms with Crippen LogP contribution in [-0.4, -0.2) is 49.1 Å². The molecule has 1 unspecified atom stereocenters. The van der Waals surface area contributed by atoms with E-state index in [-0.39, 0.29) is 0 Å². The summed E-state index contributed by atoms with van der Waals surface area (Å²) < 4.78 is 0. The first-order valence-electron chi connectivity index (χ1n) is 7.20. The zero-order valence-corrected chi connectivity index (χ0v) is 12.1. The summed E-state index contributed by atoms with van der Waals surface area (Å²) in [7, 11) is 2.23. The summed E-state index contributed by atoms with van der Waals surface area (Å²) in [5.74, 6) is 0. The van der Waals surface area contributed by atoms with E-state index in [4.69, 9.17) is 0 Å². The molecule has 0 aromatic heterocycles. The van der Waals surface area contributed by atoms with Crippen LogP contribution < -0.4 is 0 Å². The third kappa shape index (κ3) is 5.86. The molecule has 2 heterocycles. The lowest BCUT2D eigenvalue weighted by atomic mass is 10.2. The Hall–Kier alpha value is -0.0800. The fourth-order valence-corrected chi connectivity index (χ4v) is 2.15. The maximum Gasteiger partial charge on any atom is 0.0224 e. The number of rotatable bonds is 1. The molecule has 2 saturated heterocycles. The Labute approximate surface area is 103 Å². The number of fused-ring (bicyclic) bond motifs is 1. The molecule has 2 rings (SSSR count). The first-order chi connectivity index (χ1) is 7.77. The number of likely N-dealkylation sites (N-methyl/N-ethyl adjacent to an activating group) is 1. The van der Waals surface area contributed by atoms with Gasteiger partial charge in [-0.3, -0.25) is 4.90 Å². The van der Waals surface area contributed by atoms with Crippen LogP contribution in [0.2, 0.25) is 0 Å². The van der Waals surface area contributed by atoms with Crippen molar-refractivity contribution in [3.63, 3.8) is 0 Å². The predicted molar refractivity (Wildman–Crippen MR) is 74.0 cm³/mol. The zero-order chi connectivity index (χ0) is 12.4. The second kappa shape index (κ2) is 10.1. The van der Waals surface area contributed by atoms with Crippen molar-refractivity contribution in [3.8, 4) is 0 Å². The van der Waals surface area contributed by atoms with E-state index in [2.05, 4.69) is 30.7 Å². The zero-order valence-electron chi connectivity index (χ0n) is 12.1. The Morgan fingerprint density at radius 1 is 1.00 bits per heavy atom. The van der Waals surface area contributed by atoms with Crippen LogP contribution in [0.15, 0.2) is 0 Å². The minimum atomic E-state index is 0.902. The topological polar surface area (TPSA) is 6.48 Å². The van der Waals surface area contributed by atoms with Gasteiger partial charge in [0.1, 0.15) is 0 Å². The Balaban J connectivity index is 0.000000323. The average Bonchev–Trinajstić information content (AvgIpc) is 2.79. The quantitative estimate of drug-likeness (QED) is 0.680. The fraction of sp³-hybridized carbons (Fsp3) is 1.00. The number of piperazine rings is 1. The molecular weight excluding hydrogens is 196 g/mol. The molecule has 16 heavy (non-hydrogen) atoms. The smallest absolute Gasteiger partial charge is 0.0224 e. The van der Waals surface area contributed by atoms with Gasteiger partial charge in [-0.15, -0.1) is 0 Å². The summed E-state index contributed by atoms with van der Waals surface area (Å²) in [6.07, 6.45) is 5.50. The van der Waals surface area contributed by atoms with Gasteiger partial charge in [0, 0.05) is 25.7 Å². The van der Waals surface area contributed by atoms with E-state index in [1.165, 1.54) is 51.9 Å². The van der Waals surface area contributed by atoms with Crippen molar-refractivity contribution in [2.24, 2.45) is 0 Å². The summed E-state index contributed by atoms with van der Waals surface area (Å²) in [6.45, 7) is 13.6. The minimum Gasteiger partial charge on any atom is -0.304 e. The van der Waals surface area contributed by atoms with Crippen molar-refractivity contribution >= 4 is 0 Å². The standard InChI is InChI=1S/C8H16N2.C4H10.C2H6/c1-9-5-6-10-4-2-3-8(10)7-9;1-3-4-2;1-2/h8H,2-7H2,1H3;3-4H2,1-2H3;1-2H3. The van der Waals surface area contributed by atoms with Gasteiger partial charge in [-0.05, 0) is 26.4 Å². The van der Waals surface area contributed by atoms with Crippen molar-refractivity contribution in [3.05, 3.63) is 0 Å². The Kier molecular flexibility index (Phi) is 10.0. The molecule has 2 heteroatoms. The highest BCUT2D eigenvalue weighted by atomic mass is 15.3. The third-order valence-electron chi connectivity index (χ3n) is 3.29. The predicted octanol–water partition coefficient (Wildman–Crippen LogP) is 3.23. The van der Waals surface area contributed by atoms with Gasteiger partial charge in [0.2, 0.25) is 0 Å². The van der Waals surface area contributed by atoms with Gasteiger partial charge in [0.05, 0.1) is 0 Å². The highest BCUT2D eigenvalue weighted by Crippen LogP contribution is 2.20. The molecule has 0 aromatic rings. The maximum absolute atomic E-state index is 2.64. The van der Waals surface area contributed by atoms with Crippen molar-refractivity contribution in [2.45, 2.75) is 59.4 Å². The van der Waals surface area contributed by atoms with E-state index in [9.17, 15) is 0 Å². The molecule has 0 aliphatic carbocycles. The molecule has 1 atom stereocenters. The van der Waals surface area contributed by atoms with Gasteiger partial charge in [-0.25, -0.2) is 0 Å². The van der Waals surface area contributed by atoms with Gasteiger partial charge < -0.3 is 4.90 Å². The normalized spacial score (nSPS) is 24.9. The molecule has 2 aliphatic rings. The Morgan fingerprint density at radius 3 is 2.19 bits per heavy atom. The van der Waals surface area contributed by atoms with Crippen LogP contribution in [0.3, 0.4) is 0 Å². The summed E-state index contributed by atoms with van der Waals surface area (Å²) >= 11 is 0. The van der Waals surface area contributed by atoms with Crippen LogP contribution >= 0.6 is 0 Å². The van der Waals surface area contributed by atoms with Crippen molar-refractivity contribution in [1.82, 2.24) is 9.80 Å². The lowest BCUT2D eigenvalue weighted by molar-refractivity contribution is 0.124. The average molecular weight is 228 g/mol. The largest absolute Gasteiger partial charge is 0.304 e. The first kappa shape index (κ1) is 15.9. The molecule has 2 fully saturated rings. The van der Waals surface area contributed by atoms with Crippen LogP contribution in [0.1, 0.15) is 53.4 Å². The van der Waals surface area contributed by atoms with Crippen LogP contribution in [-0.2, 0) is 0 Å². The van der Waals surface area contributed by atoms with E-state index < -0.39 is 0 Å². The number of nitrogens with zero attached hydrogens (tertiary/aromatic N) is 2. The second-order valence-electron chi connectivity index (χ2n) is 4.59. The van der Waals surface area contributed by atoms with E-state index in [0.29, 0.717) is 0 Å². The van der Waals surface area contributed by atoms with Crippen LogP contribution in [0.4, 0.5) is 0 Å². The van der Waals surface area contributed by atoms with Crippen molar-refractivity contribution in [2.75, 3.05) is 33.2 Å². The van der Waals surface area contributed by atoms with E-state index in [0.717, 1.165) is 6.04 Å². The van der Waals surface area contributed by atoms with Crippen LogP contribution in [0.25, 0.3) is 0 Å². The summed E-state index contributed by atoms with van der Waals surface area (Å²) in [5.41, 5.74) is 0. The van der Waals surface area contributed by atoms with Crippen LogP contribution in [0.5, 0.6) is 0 Å². The van der Waals surface area contributed by atoms with Gasteiger partial charge in [0.25, 0.3) is 0 Å². The Morgan fingerprint density at radius 2 is 1.62 bits per heavy atom. The molecule has 98 valence electrons. The first-order valence-corrected chi connectivity index (χ1v) is 7.20. The molecular formula is C14H32N2. The third-order valence-corrected chi connectivity index (χ3v) is 3.29. The second-order valence-corrected chi connectivity index (χ2v) is 4.59. The lowest BCUT2D eigenvalue weighted by Crippen LogP contribution is -2.48. The number of hydrogen-bond acceptors (Lipinski definition) is 2. The van der Waals surface area contributed by atoms with Crippen molar-refractivity contribution < 1.29 is 0 Å². The molecule has 0 saturated carbocycles. The Bertz CT molecular complexity index is 146. The molecule has 0 radical (unpaired) electrons. The van der Waals surface area contributed by atoms with Gasteiger partial charge >= 0.3 is 0 Å². The van der Waals surface area contributed by atoms with Gasteiger partial charge in [-0.2, -0.15) is 0 Å². The SMILES string of the molecule is CC.CCCC.CN1CCN2CCCC2C1. The minimum absolute atomic E-state index is 0.902. The highest BCUT2D eigenvalue weighted by Gasteiger charge is 2.28. The summed E-state index contributed by atoms with van der Waals surface area (Å²) in [5, 5.41) is 0. The van der Waals surface area contributed by atoms with Crippen LogP contribution in [0, 0.1) is 0 Å². The molecule has 0 amide bonds. The molecule has 0 N–H and O–H groups in total. The lowest BCUT2D eigenvalue weighted by Gasteiger charge is -2.35.